The fourth-order valence-corrected chi connectivity index (χ4v) is 3.10. The molecule has 1 nitrogen and oxygen atoms in total. The van der Waals surface area contributed by atoms with E-state index in [-0.39, 0.29) is 0 Å². The van der Waals surface area contributed by atoms with Crippen LogP contribution in [0.4, 0.5) is 5.69 Å². The molecular formula is C22H21N. The summed E-state index contributed by atoms with van der Waals surface area (Å²) in [6, 6.07) is 23.0. The van der Waals surface area contributed by atoms with Crippen molar-refractivity contribution in [2.24, 2.45) is 0 Å². The van der Waals surface area contributed by atoms with E-state index in [2.05, 4.69) is 68.1 Å². The smallest absolute Gasteiger partial charge is 0.0438 e. The molecule has 23 heavy (non-hydrogen) atoms. The van der Waals surface area contributed by atoms with Gasteiger partial charge >= 0.3 is 0 Å². The maximum Gasteiger partial charge on any atom is 0.0438 e. The quantitative estimate of drug-likeness (QED) is 0.605. The third kappa shape index (κ3) is 2.78. The Kier molecular flexibility index (Phi) is 4.29. The molecule has 0 saturated carbocycles. The van der Waals surface area contributed by atoms with Crippen molar-refractivity contribution in [3.05, 3.63) is 84.4 Å². The van der Waals surface area contributed by atoms with Gasteiger partial charge < -0.3 is 5.73 Å². The van der Waals surface area contributed by atoms with Crippen molar-refractivity contribution in [1.29, 1.82) is 0 Å². The Labute approximate surface area is 138 Å². The number of hydrogen-bond donors (Lipinski definition) is 1. The predicted octanol–water partition coefficient (Wildman–Crippen LogP) is 5.81. The molecule has 0 bridgehead atoms. The van der Waals surface area contributed by atoms with Crippen molar-refractivity contribution in [3.8, 4) is 22.3 Å². The summed E-state index contributed by atoms with van der Waals surface area (Å²) in [6.45, 7) is 6.10. The number of anilines is 1. The molecule has 0 aliphatic heterocycles. The topological polar surface area (TPSA) is 26.0 Å². The van der Waals surface area contributed by atoms with Crippen LogP contribution < -0.4 is 5.73 Å². The van der Waals surface area contributed by atoms with Crippen molar-refractivity contribution in [1.82, 2.24) is 0 Å². The largest absolute Gasteiger partial charge is 0.398 e. The standard InChI is InChI=1S/C22H21N/c1-3-16-15-20(17-11-7-5-8-12-17)21(22(23)19(16)4-2)18-13-9-6-10-14-18/h3,5-15H,1,4,23H2,2H3. The van der Waals surface area contributed by atoms with E-state index in [0.717, 1.165) is 34.4 Å². The Hall–Kier alpha value is -2.80. The van der Waals surface area contributed by atoms with Gasteiger partial charge in [0, 0.05) is 11.3 Å². The Morgan fingerprint density at radius 2 is 1.48 bits per heavy atom. The lowest BCUT2D eigenvalue weighted by atomic mass is 9.87. The summed E-state index contributed by atoms with van der Waals surface area (Å²) in [5.41, 5.74) is 14.3. The highest BCUT2D eigenvalue weighted by molar-refractivity contribution is 5.94. The summed E-state index contributed by atoms with van der Waals surface area (Å²) in [5.74, 6) is 0. The lowest BCUT2D eigenvalue weighted by Gasteiger charge is -2.19. The first-order valence-electron chi connectivity index (χ1n) is 7.94. The molecule has 0 aromatic heterocycles. The first-order valence-corrected chi connectivity index (χ1v) is 7.94. The lowest BCUT2D eigenvalue weighted by Crippen LogP contribution is -2.01. The Bertz CT molecular complexity index is 818. The van der Waals surface area contributed by atoms with Gasteiger partial charge in [0.1, 0.15) is 0 Å². The molecule has 3 aromatic rings. The van der Waals surface area contributed by atoms with E-state index >= 15 is 0 Å². The molecule has 0 fully saturated rings. The molecule has 2 N–H and O–H groups in total. The zero-order chi connectivity index (χ0) is 16.2. The van der Waals surface area contributed by atoms with Gasteiger partial charge in [-0.1, -0.05) is 80.2 Å². The molecular weight excluding hydrogens is 278 g/mol. The average Bonchev–Trinajstić information content (AvgIpc) is 2.62. The zero-order valence-electron chi connectivity index (χ0n) is 13.4. The number of nitrogen functional groups attached to an aromatic ring is 1. The minimum absolute atomic E-state index is 0.856. The fourth-order valence-electron chi connectivity index (χ4n) is 3.10. The van der Waals surface area contributed by atoms with Crippen LogP contribution in [0.3, 0.4) is 0 Å². The zero-order valence-corrected chi connectivity index (χ0v) is 13.4. The highest BCUT2D eigenvalue weighted by Crippen LogP contribution is 2.40. The van der Waals surface area contributed by atoms with Crippen LogP contribution in [0.5, 0.6) is 0 Å². The number of hydrogen-bond acceptors (Lipinski definition) is 1. The molecule has 114 valence electrons. The average molecular weight is 299 g/mol. The van der Waals surface area contributed by atoms with Gasteiger partial charge in [0.2, 0.25) is 0 Å². The Morgan fingerprint density at radius 1 is 0.913 bits per heavy atom. The van der Waals surface area contributed by atoms with Crippen LogP contribution in [0.2, 0.25) is 0 Å². The molecule has 0 aliphatic carbocycles. The second-order valence-corrected chi connectivity index (χ2v) is 5.57. The summed E-state index contributed by atoms with van der Waals surface area (Å²) in [7, 11) is 0. The summed E-state index contributed by atoms with van der Waals surface area (Å²) in [6.07, 6.45) is 2.79. The maximum absolute atomic E-state index is 6.59. The van der Waals surface area contributed by atoms with Gasteiger partial charge in [-0.15, -0.1) is 0 Å². The van der Waals surface area contributed by atoms with Crippen LogP contribution >= 0.6 is 0 Å². The van der Waals surface area contributed by atoms with Gasteiger partial charge in [0.15, 0.2) is 0 Å². The van der Waals surface area contributed by atoms with Crippen LogP contribution in [-0.2, 0) is 6.42 Å². The number of benzene rings is 3. The highest BCUT2D eigenvalue weighted by atomic mass is 14.6. The van der Waals surface area contributed by atoms with Crippen LogP contribution in [0.25, 0.3) is 28.3 Å². The van der Waals surface area contributed by atoms with Crippen LogP contribution in [0.1, 0.15) is 18.1 Å². The summed E-state index contributed by atoms with van der Waals surface area (Å²) >= 11 is 0. The van der Waals surface area contributed by atoms with E-state index in [4.69, 9.17) is 5.73 Å². The van der Waals surface area contributed by atoms with E-state index in [1.165, 1.54) is 11.1 Å². The molecule has 0 amide bonds. The van der Waals surface area contributed by atoms with Gasteiger partial charge in [-0.2, -0.15) is 0 Å². The molecule has 0 radical (unpaired) electrons. The predicted molar refractivity (Wildman–Crippen MR) is 101 cm³/mol. The van der Waals surface area contributed by atoms with Crippen molar-refractivity contribution < 1.29 is 0 Å². The van der Waals surface area contributed by atoms with Crippen molar-refractivity contribution in [3.63, 3.8) is 0 Å². The molecule has 1 heteroatoms. The Balaban J connectivity index is 2.37. The minimum atomic E-state index is 0.856. The summed E-state index contributed by atoms with van der Waals surface area (Å²) in [5, 5.41) is 0. The summed E-state index contributed by atoms with van der Waals surface area (Å²) < 4.78 is 0. The second-order valence-electron chi connectivity index (χ2n) is 5.57. The summed E-state index contributed by atoms with van der Waals surface area (Å²) in [4.78, 5) is 0. The number of rotatable bonds is 4. The van der Waals surface area contributed by atoms with E-state index in [0.29, 0.717) is 0 Å². The molecule has 0 heterocycles. The molecule has 0 saturated heterocycles. The van der Waals surface area contributed by atoms with Crippen molar-refractivity contribution in [2.75, 3.05) is 5.73 Å². The third-order valence-electron chi connectivity index (χ3n) is 4.23. The fraction of sp³-hybridized carbons (Fsp3) is 0.0909. The minimum Gasteiger partial charge on any atom is -0.398 e. The number of nitrogens with two attached hydrogens (primary N) is 1. The second kappa shape index (κ2) is 6.53. The highest BCUT2D eigenvalue weighted by Gasteiger charge is 2.16. The third-order valence-corrected chi connectivity index (χ3v) is 4.23. The van der Waals surface area contributed by atoms with E-state index < -0.39 is 0 Å². The van der Waals surface area contributed by atoms with Gasteiger partial charge in [0.05, 0.1) is 0 Å². The monoisotopic (exact) mass is 299 g/mol. The molecule has 0 aliphatic rings. The van der Waals surface area contributed by atoms with Crippen LogP contribution in [-0.4, -0.2) is 0 Å². The molecule has 3 rings (SSSR count). The SMILES string of the molecule is C=Cc1cc(-c2ccccc2)c(-c2ccccc2)c(N)c1CC. The van der Waals surface area contributed by atoms with E-state index in [1.54, 1.807) is 0 Å². The molecule has 0 atom stereocenters. The molecule has 3 aromatic carbocycles. The van der Waals surface area contributed by atoms with Crippen LogP contribution in [0.15, 0.2) is 73.3 Å². The molecule has 0 unspecified atom stereocenters. The first-order chi connectivity index (χ1) is 11.3. The Morgan fingerprint density at radius 3 is 2.00 bits per heavy atom. The van der Waals surface area contributed by atoms with E-state index in [9.17, 15) is 0 Å². The van der Waals surface area contributed by atoms with Gasteiger partial charge in [0.25, 0.3) is 0 Å². The van der Waals surface area contributed by atoms with Crippen molar-refractivity contribution in [2.45, 2.75) is 13.3 Å². The van der Waals surface area contributed by atoms with Gasteiger partial charge in [-0.05, 0) is 40.3 Å². The maximum atomic E-state index is 6.59. The first kappa shape index (κ1) is 15.1. The van der Waals surface area contributed by atoms with Gasteiger partial charge in [-0.25, -0.2) is 0 Å². The normalized spacial score (nSPS) is 10.5. The molecule has 0 spiro atoms. The van der Waals surface area contributed by atoms with Crippen LogP contribution in [0, 0.1) is 0 Å². The lowest BCUT2D eigenvalue weighted by molar-refractivity contribution is 1.14. The van der Waals surface area contributed by atoms with Crippen molar-refractivity contribution >= 4 is 11.8 Å². The van der Waals surface area contributed by atoms with Gasteiger partial charge in [-0.3, -0.25) is 0 Å². The van der Waals surface area contributed by atoms with E-state index in [1.807, 2.05) is 18.2 Å².